The normalized spacial score (nSPS) is 16.9. The quantitative estimate of drug-likeness (QED) is 0.219. The predicted octanol–water partition coefficient (Wildman–Crippen LogP) is 6.15. The van der Waals surface area contributed by atoms with Crippen LogP contribution in [0.2, 0.25) is 10.0 Å². The Morgan fingerprint density at radius 2 is 1.76 bits per heavy atom. The van der Waals surface area contributed by atoms with Crippen LogP contribution in [0.25, 0.3) is 5.76 Å². The van der Waals surface area contributed by atoms with E-state index in [-0.39, 0.29) is 39.2 Å². The number of pyridine rings is 1. The van der Waals surface area contributed by atoms with Crippen LogP contribution in [-0.2, 0) is 16.1 Å². The number of halogens is 2. The van der Waals surface area contributed by atoms with E-state index in [1.165, 1.54) is 25.2 Å². The first kappa shape index (κ1) is 26.5. The van der Waals surface area contributed by atoms with Crippen LogP contribution in [0, 0.1) is 0 Å². The molecule has 1 amide bonds. The second kappa shape index (κ2) is 10.8. The summed E-state index contributed by atoms with van der Waals surface area (Å²) in [7, 11) is 2.77. The van der Waals surface area contributed by atoms with Gasteiger partial charge in [-0.1, -0.05) is 67.4 Å². The van der Waals surface area contributed by atoms with E-state index in [4.69, 9.17) is 32.7 Å². The molecule has 0 radical (unpaired) electrons. The minimum Gasteiger partial charge on any atom is -0.507 e. The number of rotatable bonds is 7. The number of Topliss-reactive ketones (excluding diaryl/α,β-unsaturated/α-hetero) is 1. The molecule has 2 aromatic carbocycles. The number of amides is 1. The number of ketones is 1. The van der Waals surface area contributed by atoms with Crippen molar-refractivity contribution in [3.05, 3.63) is 92.7 Å². The number of aromatic nitrogens is 1. The van der Waals surface area contributed by atoms with Crippen LogP contribution in [0.15, 0.2) is 60.4 Å². The molecule has 1 fully saturated rings. The van der Waals surface area contributed by atoms with Crippen molar-refractivity contribution in [1.82, 2.24) is 9.88 Å². The van der Waals surface area contributed by atoms with Gasteiger partial charge in [-0.2, -0.15) is 0 Å². The first-order valence-corrected chi connectivity index (χ1v) is 12.3. The average molecular weight is 541 g/mol. The zero-order chi connectivity index (χ0) is 26.9. The third kappa shape index (κ3) is 4.89. The molecule has 9 heteroatoms. The van der Waals surface area contributed by atoms with E-state index in [1.807, 2.05) is 30.3 Å². The zero-order valence-corrected chi connectivity index (χ0v) is 22.3. The second-order valence-corrected chi connectivity index (χ2v) is 9.68. The predicted molar refractivity (Wildman–Crippen MR) is 142 cm³/mol. The smallest absolute Gasteiger partial charge is 0.295 e. The number of aliphatic hydroxyl groups excluding tert-OH is 1. The number of carbonyl (C=O) groups excluding carboxylic acids is 2. The van der Waals surface area contributed by atoms with Crippen molar-refractivity contribution >= 4 is 40.7 Å². The lowest BCUT2D eigenvalue weighted by atomic mass is 9.93. The van der Waals surface area contributed by atoms with Crippen LogP contribution in [-0.4, -0.2) is 40.9 Å². The Kier molecular flexibility index (Phi) is 7.76. The minimum absolute atomic E-state index is 0.0291. The Bertz CT molecular complexity index is 1370. The van der Waals surface area contributed by atoms with Gasteiger partial charge in [0.15, 0.2) is 11.5 Å². The Balaban J connectivity index is 1.94. The van der Waals surface area contributed by atoms with Crippen molar-refractivity contribution in [3.63, 3.8) is 0 Å². The highest BCUT2D eigenvalue weighted by atomic mass is 35.5. The molecule has 37 heavy (non-hydrogen) atoms. The third-order valence-electron chi connectivity index (χ3n) is 6.33. The van der Waals surface area contributed by atoms with E-state index in [2.05, 4.69) is 18.8 Å². The van der Waals surface area contributed by atoms with E-state index < -0.39 is 23.5 Å². The van der Waals surface area contributed by atoms with Gasteiger partial charge in [-0.3, -0.25) is 14.6 Å². The molecule has 1 aliphatic rings. The number of aliphatic hydroxyl groups is 1. The zero-order valence-electron chi connectivity index (χ0n) is 20.8. The number of benzene rings is 2. The van der Waals surface area contributed by atoms with Crippen molar-refractivity contribution < 1.29 is 24.2 Å². The SMILES string of the molecule is COc1c(Cl)cc(/C(O)=C2\C(=O)C(=O)N(Cc3cccnc3)C2c2ccc(C(C)C)cc2)c(OC)c1Cl. The molecule has 3 aromatic rings. The summed E-state index contributed by atoms with van der Waals surface area (Å²) in [6, 6.07) is 11.7. The fourth-order valence-electron chi connectivity index (χ4n) is 4.43. The molecule has 1 aromatic heterocycles. The summed E-state index contributed by atoms with van der Waals surface area (Å²) in [6.07, 6.45) is 3.26. The van der Waals surface area contributed by atoms with E-state index in [0.29, 0.717) is 11.5 Å². The van der Waals surface area contributed by atoms with Crippen LogP contribution < -0.4 is 9.47 Å². The van der Waals surface area contributed by atoms with E-state index in [0.717, 1.165) is 11.1 Å². The monoisotopic (exact) mass is 540 g/mol. The summed E-state index contributed by atoms with van der Waals surface area (Å²) >= 11 is 12.8. The molecule has 0 bridgehead atoms. The summed E-state index contributed by atoms with van der Waals surface area (Å²) in [5.74, 6) is -1.50. The molecule has 192 valence electrons. The fourth-order valence-corrected chi connectivity index (χ4v) is 5.12. The van der Waals surface area contributed by atoms with Gasteiger partial charge < -0.3 is 19.5 Å². The van der Waals surface area contributed by atoms with Gasteiger partial charge in [0.1, 0.15) is 10.8 Å². The number of hydrogen-bond acceptors (Lipinski definition) is 6. The molecular formula is C28H26Cl2N2O5. The molecule has 1 N–H and O–H groups in total. The molecule has 1 aliphatic heterocycles. The molecular weight excluding hydrogens is 515 g/mol. The standard InChI is InChI=1S/C28H26Cl2N2O5/c1-15(2)17-7-9-18(10-8-17)23-21(25(34)28(35)32(23)14-16-6-5-11-31-13-16)24(33)19-12-20(29)27(37-4)22(30)26(19)36-3/h5-13,15,23,33H,14H2,1-4H3/b24-21+. The molecule has 7 nitrogen and oxygen atoms in total. The van der Waals surface area contributed by atoms with Gasteiger partial charge in [0, 0.05) is 18.9 Å². The van der Waals surface area contributed by atoms with Gasteiger partial charge in [0.25, 0.3) is 11.7 Å². The van der Waals surface area contributed by atoms with E-state index >= 15 is 0 Å². The number of nitrogens with zero attached hydrogens (tertiary/aromatic N) is 2. The van der Waals surface area contributed by atoms with Gasteiger partial charge in [0.2, 0.25) is 0 Å². The van der Waals surface area contributed by atoms with Gasteiger partial charge in [0.05, 0.1) is 36.4 Å². The van der Waals surface area contributed by atoms with Crippen molar-refractivity contribution in [3.8, 4) is 11.5 Å². The van der Waals surface area contributed by atoms with Crippen molar-refractivity contribution in [1.29, 1.82) is 0 Å². The highest BCUT2D eigenvalue weighted by Crippen LogP contribution is 2.47. The second-order valence-electron chi connectivity index (χ2n) is 8.90. The molecule has 1 atom stereocenters. The van der Waals surface area contributed by atoms with Gasteiger partial charge in [-0.15, -0.1) is 0 Å². The summed E-state index contributed by atoms with van der Waals surface area (Å²) < 4.78 is 10.7. The lowest BCUT2D eigenvalue weighted by molar-refractivity contribution is -0.140. The molecule has 2 heterocycles. The highest BCUT2D eigenvalue weighted by molar-refractivity contribution is 6.47. The maximum Gasteiger partial charge on any atom is 0.295 e. The van der Waals surface area contributed by atoms with Crippen LogP contribution in [0.4, 0.5) is 0 Å². The molecule has 0 saturated carbocycles. The minimum atomic E-state index is -0.870. The topological polar surface area (TPSA) is 89.0 Å². The van der Waals surface area contributed by atoms with Crippen LogP contribution in [0.1, 0.15) is 48.1 Å². The lowest BCUT2D eigenvalue weighted by Gasteiger charge is -2.26. The number of ether oxygens (including phenoxy) is 2. The Morgan fingerprint density at radius 3 is 2.32 bits per heavy atom. The summed E-state index contributed by atoms with van der Waals surface area (Å²) in [5, 5.41) is 11.7. The third-order valence-corrected chi connectivity index (χ3v) is 6.95. The number of hydrogen-bond donors (Lipinski definition) is 1. The molecule has 1 saturated heterocycles. The molecule has 0 spiro atoms. The number of methoxy groups -OCH3 is 2. The first-order chi connectivity index (χ1) is 17.7. The van der Waals surface area contributed by atoms with Crippen LogP contribution >= 0.6 is 23.2 Å². The van der Waals surface area contributed by atoms with Crippen molar-refractivity contribution in [2.24, 2.45) is 0 Å². The first-order valence-electron chi connectivity index (χ1n) is 11.6. The van der Waals surface area contributed by atoms with Crippen molar-refractivity contribution in [2.75, 3.05) is 14.2 Å². The van der Waals surface area contributed by atoms with Crippen molar-refractivity contribution in [2.45, 2.75) is 32.4 Å². The highest BCUT2D eigenvalue weighted by Gasteiger charge is 2.46. The maximum atomic E-state index is 13.4. The van der Waals surface area contributed by atoms with Gasteiger partial charge >= 0.3 is 0 Å². The lowest BCUT2D eigenvalue weighted by Crippen LogP contribution is -2.29. The molecule has 4 rings (SSSR count). The molecule has 1 unspecified atom stereocenters. The van der Waals surface area contributed by atoms with E-state index in [9.17, 15) is 14.7 Å². The number of carbonyl (C=O) groups is 2. The summed E-state index contributed by atoms with van der Waals surface area (Å²) in [5.41, 5.74) is 2.48. The largest absolute Gasteiger partial charge is 0.507 e. The van der Waals surface area contributed by atoms with E-state index in [1.54, 1.807) is 18.5 Å². The number of likely N-dealkylation sites (tertiary alicyclic amines) is 1. The van der Waals surface area contributed by atoms with Crippen LogP contribution in [0.3, 0.4) is 0 Å². The Morgan fingerprint density at radius 1 is 1.08 bits per heavy atom. The van der Waals surface area contributed by atoms with Gasteiger partial charge in [-0.25, -0.2) is 0 Å². The average Bonchev–Trinajstić information content (AvgIpc) is 3.13. The fraction of sp³-hybridized carbons (Fsp3) is 0.250. The van der Waals surface area contributed by atoms with Gasteiger partial charge in [-0.05, 0) is 34.7 Å². The summed E-state index contributed by atoms with van der Waals surface area (Å²) in [4.78, 5) is 32.3. The molecule has 0 aliphatic carbocycles. The Labute approximate surface area is 225 Å². The Hall–Kier alpha value is -3.55. The van der Waals surface area contributed by atoms with Crippen LogP contribution in [0.5, 0.6) is 11.5 Å². The maximum absolute atomic E-state index is 13.4. The summed E-state index contributed by atoms with van der Waals surface area (Å²) in [6.45, 7) is 4.27.